The maximum Gasteiger partial charge on any atom is 0.0470 e. The van der Waals surface area contributed by atoms with Crippen molar-refractivity contribution >= 4 is 11.3 Å². The second kappa shape index (κ2) is 6.83. The number of rotatable bonds is 6. The lowest BCUT2D eigenvalue weighted by molar-refractivity contribution is 0.552. The summed E-state index contributed by atoms with van der Waals surface area (Å²) in [6.07, 6.45) is 4.02. The van der Waals surface area contributed by atoms with Crippen LogP contribution in [0.15, 0.2) is 30.5 Å². The number of thiophene rings is 1. The summed E-state index contributed by atoms with van der Waals surface area (Å²) in [5, 5.41) is 3.57. The first-order valence-electron chi connectivity index (χ1n) is 6.96. The topological polar surface area (TPSA) is 24.9 Å². The molecule has 0 saturated carbocycles. The van der Waals surface area contributed by atoms with Crippen LogP contribution >= 0.6 is 11.3 Å². The molecule has 1 atom stereocenters. The van der Waals surface area contributed by atoms with Gasteiger partial charge in [-0.3, -0.25) is 4.98 Å². The Labute approximate surface area is 119 Å². The van der Waals surface area contributed by atoms with Gasteiger partial charge in [0.2, 0.25) is 0 Å². The zero-order valence-electron chi connectivity index (χ0n) is 11.9. The Morgan fingerprint density at radius 1 is 1.21 bits per heavy atom. The number of nitrogens with one attached hydrogen (secondary N) is 1. The molecule has 1 unspecified atom stereocenters. The Balaban J connectivity index is 2.13. The predicted molar refractivity (Wildman–Crippen MR) is 82.8 cm³/mol. The lowest BCUT2D eigenvalue weighted by Gasteiger charge is -2.16. The molecule has 2 rings (SSSR count). The van der Waals surface area contributed by atoms with Crippen LogP contribution in [0.3, 0.4) is 0 Å². The molecule has 0 fully saturated rings. The fourth-order valence-electron chi connectivity index (χ4n) is 2.12. The predicted octanol–water partition coefficient (Wildman–Crippen LogP) is 3.91. The molecule has 2 heterocycles. The Bertz CT molecular complexity index is 502. The van der Waals surface area contributed by atoms with Crippen molar-refractivity contribution in [1.82, 2.24) is 10.3 Å². The third-order valence-corrected chi connectivity index (χ3v) is 4.55. The molecule has 0 aliphatic heterocycles. The minimum atomic E-state index is 0.380. The molecule has 1 N–H and O–H groups in total. The Morgan fingerprint density at radius 2 is 2.05 bits per heavy atom. The van der Waals surface area contributed by atoms with Gasteiger partial charge < -0.3 is 5.32 Å². The van der Waals surface area contributed by atoms with Crippen LogP contribution in [0.2, 0.25) is 0 Å². The zero-order chi connectivity index (χ0) is 13.7. The minimum absolute atomic E-state index is 0.380. The summed E-state index contributed by atoms with van der Waals surface area (Å²) >= 11 is 1.91. The second-order valence-corrected chi connectivity index (χ2v) is 6.00. The van der Waals surface area contributed by atoms with Crippen molar-refractivity contribution in [3.63, 3.8) is 0 Å². The second-order valence-electron chi connectivity index (χ2n) is 4.80. The highest BCUT2D eigenvalue weighted by Crippen LogP contribution is 2.26. The van der Waals surface area contributed by atoms with Gasteiger partial charge in [0, 0.05) is 34.1 Å². The van der Waals surface area contributed by atoms with Gasteiger partial charge in [0.15, 0.2) is 0 Å². The summed E-state index contributed by atoms with van der Waals surface area (Å²) in [4.78, 5) is 7.39. The number of pyridine rings is 1. The minimum Gasteiger partial charge on any atom is -0.309 e. The molecule has 102 valence electrons. The fraction of sp³-hybridized carbons (Fsp3) is 0.438. The van der Waals surface area contributed by atoms with Crippen molar-refractivity contribution in [3.8, 4) is 0 Å². The molecule has 0 radical (unpaired) electrons. The molecule has 0 aromatic carbocycles. The average molecular weight is 274 g/mol. The van der Waals surface area contributed by atoms with Crippen LogP contribution in [0.25, 0.3) is 0 Å². The lowest BCUT2D eigenvalue weighted by Crippen LogP contribution is -2.22. The smallest absolute Gasteiger partial charge is 0.0470 e. The van der Waals surface area contributed by atoms with E-state index < -0.39 is 0 Å². The molecule has 3 heteroatoms. The third-order valence-electron chi connectivity index (χ3n) is 3.21. The van der Waals surface area contributed by atoms with Crippen LogP contribution < -0.4 is 5.32 Å². The van der Waals surface area contributed by atoms with Crippen LogP contribution in [0, 0.1) is 6.92 Å². The van der Waals surface area contributed by atoms with Gasteiger partial charge in [-0.2, -0.15) is 0 Å². The van der Waals surface area contributed by atoms with Gasteiger partial charge in [-0.05, 0) is 43.7 Å². The number of aryl methyl sites for hydroxylation is 2. The lowest BCUT2D eigenvalue weighted by atomic mass is 10.1. The van der Waals surface area contributed by atoms with Gasteiger partial charge >= 0.3 is 0 Å². The number of hydrogen-bond acceptors (Lipinski definition) is 3. The number of nitrogens with zero attached hydrogens (tertiary/aromatic N) is 1. The standard InChI is InChI=1S/C16H22N2S/c1-4-14-8-9-16(19-14)15(17-5-2)10-13-7-6-12(3)11-18-13/h6-9,11,15,17H,4-5,10H2,1-3H3. The van der Waals surface area contributed by atoms with Crippen LogP contribution in [-0.2, 0) is 12.8 Å². The summed E-state index contributed by atoms with van der Waals surface area (Å²) in [6, 6.07) is 9.15. The van der Waals surface area contributed by atoms with Crippen molar-refractivity contribution in [2.45, 2.75) is 39.7 Å². The van der Waals surface area contributed by atoms with Crippen LogP contribution in [0.4, 0.5) is 0 Å². The highest BCUT2D eigenvalue weighted by Gasteiger charge is 2.14. The van der Waals surface area contributed by atoms with E-state index in [1.165, 1.54) is 15.3 Å². The zero-order valence-corrected chi connectivity index (χ0v) is 12.8. The quantitative estimate of drug-likeness (QED) is 0.864. The molecule has 0 bridgehead atoms. The SMILES string of the molecule is CCNC(Cc1ccc(C)cn1)c1ccc(CC)s1. The Morgan fingerprint density at radius 3 is 2.63 bits per heavy atom. The first-order chi connectivity index (χ1) is 9.22. The fourth-order valence-corrected chi connectivity index (χ4v) is 3.15. The largest absolute Gasteiger partial charge is 0.309 e. The van der Waals surface area contributed by atoms with E-state index in [1.54, 1.807) is 0 Å². The molecule has 19 heavy (non-hydrogen) atoms. The van der Waals surface area contributed by atoms with Crippen molar-refractivity contribution in [1.29, 1.82) is 0 Å². The molecular formula is C16H22N2S. The van der Waals surface area contributed by atoms with Gasteiger partial charge in [0.05, 0.1) is 0 Å². The summed E-state index contributed by atoms with van der Waals surface area (Å²) in [5.41, 5.74) is 2.37. The first kappa shape index (κ1) is 14.2. The molecule has 2 aromatic rings. The summed E-state index contributed by atoms with van der Waals surface area (Å²) in [6.45, 7) is 7.42. The summed E-state index contributed by atoms with van der Waals surface area (Å²) in [5.74, 6) is 0. The number of likely N-dealkylation sites (N-methyl/N-ethyl adjacent to an activating group) is 1. The van der Waals surface area contributed by atoms with Gasteiger partial charge in [0.25, 0.3) is 0 Å². The van der Waals surface area contributed by atoms with E-state index in [1.807, 2.05) is 17.5 Å². The van der Waals surface area contributed by atoms with Gasteiger partial charge in [0.1, 0.15) is 0 Å². The normalized spacial score (nSPS) is 12.6. The van der Waals surface area contributed by atoms with Crippen molar-refractivity contribution in [2.24, 2.45) is 0 Å². The van der Waals surface area contributed by atoms with E-state index in [0.29, 0.717) is 6.04 Å². The average Bonchev–Trinajstić information content (AvgIpc) is 2.89. The summed E-state index contributed by atoms with van der Waals surface area (Å²) in [7, 11) is 0. The van der Waals surface area contributed by atoms with E-state index in [0.717, 1.165) is 25.1 Å². The number of aromatic nitrogens is 1. The van der Waals surface area contributed by atoms with Crippen LogP contribution in [0.1, 0.15) is 40.9 Å². The molecule has 0 amide bonds. The van der Waals surface area contributed by atoms with Gasteiger partial charge in [-0.1, -0.05) is 19.9 Å². The molecule has 2 aromatic heterocycles. The van der Waals surface area contributed by atoms with Gasteiger partial charge in [-0.25, -0.2) is 0 Å². The number of hydrogen-bond donors (Lipinski definition) is 1. The molecule has 0 saturated heterocycles. The third kappa shape index (κ3) is 3.88. The van der Waals surface area contributed by atoms with Gasteiger partial charge in [-0.15, -0.1) is 11.3 Å². The van der Waals surface area contributed by atoms with E-state index >= 15 is 0 Å². The summed E-state index contributed by atoms with van der Waals surface area (Å²) < 4.78 is 0. The van der Waals surface area contributed by atoms with Crippen LogP contribution in [-0.4, -0.2) is 11.5 Å². The molecule has 2 nitrogen and oxygen atoms in total. The Kier molecular flexibility index (Phi) is 5.11. The molecule has 0 spiro atoms. The maximum absolute atomic E-state index is 4.52. The van der Waals surface area contributed by atoms with E-state index in [9.17, 15) is 0 Å². The monoisotopic (exact) mass is 274 g/mol. The van der Waals surface area contributed by atoms with E-state index in [2.05, 4.69) is 55.3 Å². The Hall–Kier alpha value is -1.19. The van der Waals surface area contributed by atoms with Crippen molar-refractivity contribution in [3.05, 3.63) is 51.5 Å². The van der Waals surface area contributed by atoms with Crippen molar-refractivity contribution in [2.75, 3.05) is 6.54 Å². The molecule has 0 aliphatic rings. The van der Waals surface area contributed by atoms with Crippen molar-refractivity contribution < 1.29 is 0 Å². The van der Waals surface area contributed by atoms with E-state index in [-0.39, 0.29) is 0 Å². The maximum atomic E-state index is 4.52. The molecule has 0 aliphatic carbocycles. The van der Waals surface area contributed by atoms with Crippen LogP contribution in [0.5, 0.6) is 0 Å². The first-order valence-corrected chi connectivity index (χ1v) is 7.78. The highest BCUT2D eigenvalue weighted by atomic mass is 32.1. The highest BCUT2D eigenvalue weighted by molar-refractivity contribution is 7.12. The van der Waals surface area contributed by atoms with E-state index in [4.69, 9.17) is 0 Å². The molecular weight excluding hydrogens is 252 g/mol.